The van der Waals surface area contributed by atoms with E-state index in [0.29, 0.717) is 0 Å². The molecule has 1 aromatic heterocycles. The van der Waals surface area contributed by atoms with Crippen LogP contribution >= 0.6 is 49.4 Å². The number of aryl methyl sites for hydroxylation is 1. The first-order valence-corrected chi connectivity index (χ1v) is 23.6. The fourth-order valence-electron chi connectivity index (χ4n) is 2.49. The SMILES string of the molecule is PP(P)[SiH2]CCCN(CCC[SiH2]P(P)P)CCCn1ccnc1. The van der Waals surface area contributed by atoms with E-state index in [9.17, 15) is 0 Å². The first-order chi connectivity index (χ1) is 11.1. The second-order valence-corrected chi connectivity index (χ2v) is 37.6. The summed E-state index contributed by atoms with van der Waals surface area (Å²) in [7, 11) is 12.4. The summed E-state index contributed by atoms with van der Waals surface area (Å²) in [6.07, 6.45) is 9.95. The maximum absolute atomic E-state index is 4.13. The number of hydrogen-bond acceptors (Lipinski definition) is 2. The van der Waals surface area contributed by atoms with Crippen molar-refractivity contribution in [2.45, 2.75) is 37.9 Å². The second-order valence-electron chi connectivity index (χ2n) is 5.89. The number of imidazole rings is 1. The van der Waals surface area contributed by atoms with Gasteiger partial charge in [0.05, 0.1) is 24.7 Å². The van der Waals surface area contributed by atoms with E-state index >= 15 is 0 Å². The highest BCUT2D eigenvalue weighted by atomic mass is 32.5. The molecule has 0 saturated carbocycles. The number of aromatic nitrogens is 2. The third kappa shape index (κ3) is 14.0. The van der Waals surface area contributed by atoms with Crippen LogP contribution in [0, 0.1) is 0 Å². The molecule has 11 heteroatoms. The van der Waals surface area contributed by atoms with E-state index < -0.39 is 0 Å². The Bertz CT molecular complexity index is 367. The first-order valence-electron chi connectivity index (χ1n) is 8.30. The van der Waals surface area contributed by atoms with Gasteiger partial charge in [-0.2, -0.15) is 0 Å². The van der Waals surface area contributed by atoms with Gasteiger partial charge in [-0.25, -0.2) is 4.98 Å². The Hall–Kier alpha value is 2.18. The number of nitrogens with zero attached hydrogens (tertiary/aromatic N) is 3. The van der Waals surface area contributed by atoms with E-state index in [2.05, 4.69) is 56.4 Å². The third-order valence-corrected chi connectivity index (χ3v) is 20.7. The summed E-state index contributed by atoms with van der Waals surface area (Å²) < 4.78 is 2.20. The van der Waals surface area contributed by atoms with Crippen LogP contribution < -0.4 is 0 Å². The molecule has 0 fully saturated rings. The summed E-state index contributed by atoms with van der Waals surface area (Å²) in [6.45, 7) is 5.49. The molecular formula is C12H33N3P6Si2. The average Bonchev–Trinajstić information content (AvgIpc) is 3.00. The first kappa shape index (κ1) is 23.2. The molecule has 1 aromatic rings. The Morgan fingerprint density at radius 3 is 1.96 bits per heavy atom. The van der Waals surface area contributed by atoms with Crippen LogP contribution in [0.5, 0.6) is 0 Å². The highest BCUT2D eigenvalue weighted by molar-refractivity contribution is 8.54. The van der Waals surface area contributed by atoms with Crippen LogP contribution in [0.4, 0.5) is 0 Å². The van der Waals surface area contributed by atoms with Gasteiger partial charge in [-0.1, -0.05) is 25.8 Å². The summed E-state index contributed by atoms with van der Waals surface area (Å²) in [6, 6.07) is 3.02. The van der Waals surface area contributed by atoms with Gasteiger partial charge in [0, 0.05) is 18.9 Å². The molecule has 1 heterocycles. The van der Waals surface area contributed by atoms with Crippen molar-refractivity contribution in [3.8, 4) is 0 Å². The monoisotopic (exact) mass is 461 g/mol. The lowest BCUT2D eigenvalue weighted by molar-refractivity contribution is 0.266. The minimum absolute atomic E-state index is 0.171. The fourth-order valence-corrected chi connectivity index (χ4v) is 14.2. The van der Waals surface area contributed by atoms with Crippen molar-refractivity contribution in [3.05, 3.63) is 18.7 Å². The van der Waals surface area contributed by atoms with Crippen LogP contribution in [0.15, 0.2) is 18.7 Å². The van der Waals surface area contributed by atoms with Crippen molar-refractivity contribution in [2.75, 3.05) is 19.6 Å². The van der Waals surface area contributed by atoms with Crippen molar-refractivity contribution >= 4 is 67.8 Å². The Morgan fingerprint density at radius 2 is 1.48 bits per heavy atom. The van der Waals surface area contributed by atoms with Crippen LogP contribution in [0.2, 0.25) is 12.1 Å². The molecule has 3 nitrogen and oxygen atoms in total. The van der Waals surface area contributed by atoms with Gasteiger partial charge in [0.2, 0.25) is 0 Å². The minimum Gasteiger partial charge on any atom is -0.337 e. The van der Waals surface area contributed by atoms with E-state index in [-0.39, 0.29) is 32.1 Å². The molecule has 0 amide bonds. The Balaban J connectivity index is 2.22. The maximum atomic E-state index is 4.13. The molecular weight excluding hydrogens is 428 g/mol. The topological polar surface area (TPSA) is 21.1 Å². The van der Waals surface area contributed by atoms with Crippen LogP contribution in [0.3, 0.4) is 0 Å². The fraction of sp³-hybridized carbons (Fsp3) is 0.750. The van der Waals surface area contributed by atoms with Gasteiger partial charge in [0.1, 0.15) is 0 Å². The lowest BCUT2D eigenvalue weighted by Gasteiger charge is -2.22. The zero-order valence-corrected chi connectivity index (χ0v) is 23.3. The lowest BCUT2D eigenvalue weighted by Crippen LogP contribution is -2.28. The minimum atomic E-state index is 0.171. The van der Waals surface area contributed by atoms with E-state index in [1.807, 2.05) is 12.5 Å². The van der Waals surface area contributed by atoms with Crippen LogP contribution in [0.25, 0.3) is 0 Å². The quantitative estimate of drug-likeness (QED) is 0.240. The largest absolute Gasteiger partial charge is 0.337 e. The second kappa shape index (κ2) is 15.3. The average molecular weight is 461 g/mol. The van der Waals surface area contributed by atoms with Crippen LogP contribution in [0.1, 0.15) is 19.3 Å². The zero-order chi connectivity index (χ0) is 16.9. The van der Waals surface area contributed by atoms with Crippen molar-refractivity contribution in [1.82, 2.24) is 14.5 Å². The van der Waals surface area contributed by atoms with E-state index in [1.54, 1.807) is 0 Å². The van der Waals surface area contributed by atoms with Crippen LogP contribution in [-0.2, 0) is 6.54 Å². The standard InChI is InChI=1S/C12H33N3P6Si2/c16-20(17)22-10-2-7-14(8-3-11-23-21(18)19)5-1-6-15-9-4-13-12-15/h4,9,12H,1-3,5-8,10-11,16-19,22-23H2. The van der Waals surface area contributed by atoms with Gasteiger partial charge >= 0.3 is 0 Å². The van der Waals surface area contributed by atoms with Gasteiger partial charge in [-0.05, 0) is 38.9 Å². The molecule has 0 saturated heterocycles. The Labute approximate surface area is 158 Å². The third-order valence-electron chi connectivity index (χ3n) is 3.73. The summed E-state index contributed by atoms with van der Waals surface area (Å²) >= 11 is 0. The Morgan fingerprint density at radius 1 is 0.913 bits per heavy atom. The van der Waals surface area contributed by atoms with E-state index in [4.69, 9.17) is 0 Å². The highest BCUT2D eigenvalue weighted by Gasteiger charge is 2.06. The van der Waals surface area contributed by atoms with Crippen molar-refractivity contribution < 1.29 is 0 Å². The number of hydrogen-bond donors (Lipinski definition) is 0. The summed E-state index contributed by atoms with van der Waals surface area (Å²) in [4.78, 5) is 6.85. The molecule has 0 aliphatic rings. The predicted molar refractivity (Wildman–Crippen MR) is 132 cm³/mol. The van der Waals surface area contributed by atoms with Crippen LogP contribution in [-0.4, -0.2) is 52.5 Å². The van der Waals surface area contributed by atoms with Gasteiger partial charge in [0.15, 0.2) is 0 Å². The van der Waals surface area contributed by atoms with Crippen molar-refractivity contribution in [2.24, 2.45) is 0 Å². The van der Waals surface area contributed by atoms with Crippen molar-refractivity contribution in [1.29, 1.82) is 0 Å². The molecule has 134 valence electrons. The van der Waals surface area contributed by atoms with Gasteiger partial charge in [-0.3, -0.25) is 0 Å². The van der Waals surface area contributed by atoms with Gasteiger partial charge < -0.3 is 9.47 Å². The van der Waals surface area contributed by atoms with Gasteiger partial charge in [-0.15, -0.1) is 35.7 Å². The molecule has 0 spiro atoms. The molecule has 0 N–H and O–H groups in total. The molecule has 0 aliphatic heterocycles. The van der Waals surface area contributed by atoms with E-state index in [0.717, 1.165) is 6.54 Å². The molecule has 1 rings (SSSR count). The molecule has 0 bridgehead atoms. The summed E-state index contributed by atoms with van der Waals surface area (Å²) in [5, 5.41) is 0. The smallest absolute Gasteiger partial charge is 0.0945 e. The molecule has 23 heavy (non-hydrogen) atoms. The molecule has 0 aliphatic carbocycles. The highest BCUT2D eigenvalue weighted by Crippen LogP contribution is 2.52. The van der Waals surface area contributed by atoms with Gasteiger partial charge in [0.25, 0.3) is 0 Å². The van der Waals surface area contributed by atoms with Crippen molar-refractivity contribution in [3.63, 3.8) is 0 Å². The summed E-state index contributed by atoms with van der Waals surface area (Å²) in [5.41, 5.74) is 0. The predicted octanol–water partition coefficient (Wildman–Crippen LogP) is 3.48. The lowest BCUT2D eigenvalue weighted by atomic mass is 10.3. The normalized spacial score (nSPS) is 13.0. The summed E-state index contributed by atoms with van der Waals surface area (Å²) in [5.74, 6) is 0. The maximum Gasteiger partial charge on any atom is 0.0945 e. The number of rotatable bonds is 14. The molecule has 4 atom stereocenters. The molecule has 0 aromatic carbocycles. The zero-order valence-electron chi connectivity index (χ0n) is 14.1. The van der Waals surface area contributed by atoms with E-state index in [1.165, 1.54) is 51.0 Å². The Kier molecular flexibility index (Phi) is 15.4. The molecule has 4 unspecified atom stereocenters. The molecule has 0 radical (unpaired) electrons.